The van der Waals surface area contributed by atoms with E-state index in [9.17, 15) is 0 Å². The fraction of sp³-hybridized carbons (Fsp3) is 0.286. The molecule has 0 aromatic rings. The minimum atomic E-state index is 0. The third kappa shape index (κ3) is 0.757. The molecule has 2 aliphatic carbocycles. The van der Waals surface area contributed by atoms with Crippen molar-refractivity contribution in [1.29, 1.82) is 0 Å². The summed E-state index contributed by atoms with van der Waals surface area (Å²) in [5, 5.41) is 0. The van der Waals surface area contributed by atoms with Gasteiger partial charge in [0.25, 0.3) is 0 Å². The third-order valence-corrected chi connectivity index (χ3v) is 1.59. The van der Waals surface area contributed by atoms with Crippen LogP contribution < -0.4 is 0 Å². The zero-order valence-corrected chi connectivity index (χ0v) is 6.19. The standard InChI is InChI=1S/C7H7.Ru/c1-2-7-4-3-6(1)5-7;/h1-4,6H,5H2;/q-1;+1. The molecule has 43 valence electrons. The number of hydrogen-bond acceptors (Lipinski definition) is 0. The van der Waals surface area contributed by atoms with Crippen LogP contribution >= 0.6 is 0 Å². The molecular formula is C7H7Ru. The summed E-state index contributed by atoms with van der Waals surface area (Å²) in [6.45, 7) is 0. The van der Waals surface area contributed by atoms with E-state index in [4.69, 9.17) is 0 Å². The molecule has 0 aromatic heterocycles. The van der Waals surface area contributed by atoms with Crippen molar-refractivity contribution in [2.45, 2.75) is 6.42 Å². The summed E-state index contributed by atoms with van der Waals surface area (Å²) < 4.78 is 0. The maximum atomic E-state index is 2.26. The Kier molecular flexibility index (Phi) is 1.58. The van der Waals surface area contributed by atoms with E-state index in [1.54, 1.807) is 0 Å². The van der Waals surface area contributed by atoms with Crippen molar-refractivity contribution in [3.63, 3.8) is 0 Å². The second kappa shape index (κ2) is 2.07. The van der Waals surface area contributed by atoms with Crippen molar-refractivity contribution in [1.82, 2.24) is 0 Å². The van der Waals surface area contributed by atoms with E-state index in [0.717, 1.165) is 5.92 Å². The Labute approximate surface area is 62.4 Å². The van der Waals surface area contributed by atoms with Crippen LogP contribution in [0.5, 0.6) is 0 Å². The molecule has 8 heavy (non-hydrogen) atoms. The van der Waals surface area contributed by atoms with Crippen LogP contribution in [0.25, 0.3) is 0 Å². The molecule has 0 saturated heterocycles. The van der Waals surface area contributed by atoms with Crippen molar-refractivity contribution in [3.8, 4) is 0 Å². The van der Waals surface area contributed by atoms with Crippen LogP contribution in [-0.4, -0.2) is 0 Å². The van der Waals surface area contributed by atoms with E-state index in [1.165, 1.54) is 12.3 Å². The normalized spacial score (nSPS) is 22.2. The SMILES string of the molecule is C1=CC2C=C[C-]1C2.[Ru+]. The van der Waals surface area contributed by atoms with Crippen molar-refractivity contribution in [2.75, 3.05) is 0 Å². The number of rotatable bonds is 0. The van der Waals surface area contributed by atoms with Crippen molar-refractivity contribution < 1.29 is 19.5 Å². The summed E-state index contributed by atoms with van der Waals surface area (Å²) in [6, 6.07) is 0. The van der Waals surface area contributed by atoms with E-state index in [-0.39, 0.29) is 19.5 Å². The van der Waals surface area contributed by atoms with Gasteiger partial charge in [0.1, 0.15) is 0 Å². The van der Waals surface area contributed by atoms with Gasteiger partial charge in [-0.25, -0.2) is 0 Å². The molecule has 0 N–H and O–H groups in total. The van der Waals surface area contributed by atoms with Gasteiger partial charge in [0, 0.05) is 0 Å². The van der Waals surface area contributed by atoms with Crippen molar-refractivity contribution >= 4 is 0 Å². The largest absolute Gasteiger partial charge is 1.00 e. The quantitative estimate of drug-likeness (QED) is 0.405. The molecule has 0 atom stereocenters. The Balaban J connectivity index is 0.000000320. The fourth-order valence-corrected chi connectivity index (χ4v) is 1.16. The van der Waals surface area contributed by atoms with Gasteiger partial charge in [0.15, 0.2) is 0 Å². The minimum Gasteiger partial charge on any atom is -0.184 e. The summed E-state index contributed by atoms with van der Waals surface area (Å²) in [4.78, 5) is 0. The molecule has 0 aliphatic heterocycles. The van der Waals surface area contributed by atoms with Crippen LogP contribution in [0.4, 0.5) is 0 Å². The Morgan fingerprint density at radius 3 is 2.00 bits per heavy atom. The van der Waals surface area contributed by atoms with E-state index >= 15 is 0 Å². The van der Waals surface area contributed by atoms with Crippen LogP contribution in [0.3, 0.4) is 0 Å². The molecule has 2 aliphatic rings. The van der Waals surface area contributed by atoms with E-state index in [0.29, 0.717) is 0 Å². The smallest absolute Gasteiger partial charge is 0.184 e. The molecule has 0 nitrogen and oxygen atoms in total. The van der Waals surface area contributed by atoms with E-state index in [1.807, 2.05) is 0 Å². The first kappa shape index (κ1) is 6.10. The first-order chi connectivity index (χ1) is 3.45. The van der Waals surface area contributed by atoms with Gasteiger partial charge < -0.3 is 0 Å². The second-order valence-corrected chi connectivity index (χ2v) is 2.16. The van der Waals surface area contributed by atoms with Gasteiger partial charge in [-0.2, -0.15) is 30.2 Å². The zero-order valence-electron chi connectivity index (χ0n) is 4.45. The molecular weight excluding hydrogens is 185 g/mol. The predicted octanol–water partition coefficient (Wildman–Crippen LogP) is 1.70. The van der Waals surface area contributed by atoms with Gasteiger partial charge in [-0.05, 0) is 0 Å². The summed E-state index contributed by atoms with van der Waals surface area (Å²) in [5.41, 5.74) is 0. The van der Waals surface area contributed by atoms with Crippen LogP contribution in [0, 0.1) is 11.8 Å². The molecule has 1 radical (unpaired) electrons. The van der Waals surface area contributed by atoms with Crippen molar-refractivity contribution in [3.05, 3.63) is 30.2 Å². The Hall–Kier alpha value is -0.0266. The van der Waals surface area contributed by atoms with Gasteiger partial charge in [-0.15, -0.1) is 5.92 Å². The Morgan fingerprint density at radius 1 is 1.25 bits per heavy atom. The fourth-order valence-electron chi connectivity index (χ4n) is 1.16. The van der Waals surface area contributed by atoms with Crippen LogP contribution in [-0.2, 0) is 19.5 Å². The number of fused-ring (bicyclic) bond motifs is 2. The summed E-state index contributed by atoms with van der Waals surface area (Å²) in [6.07, 6.45) is 10.2. The topological polar surface area (TPSA) is 0 Å². The van der Waals surface area contributed by atoms with Crippen LogP contribution in [0.1, 0.15) is 6.42 Å². The Morgan fingerprint density at radius 2 is 1.88 bits per heavy atom. The van der Waals surface area contributed by atoms with Gasteiger partial charge in [-0.3, -0.25) is 0 Å². The molecule has 0 aromatic carbocycles. The van der Waals surface area contributed by atoms with Crippen molar-refractivity contribution in [2.24, 2.45) is 5.92 Å². The average molecular weight is 192 g/mol. The molecule has 0 amide bonds. The number of hydrogen-bond donors (Lipinski definition) is 0. The van der Waals surface area contributed by atoms with Crippen LogP contribution in [0.2, 0.25) is 0 Å². The van der Waals surface area contributed by atoms with Gasteiger partial charge >= 0.3 is 19.5 Å². The monoisotopic (exact) mass is 193 g/mol. The van der Waals surface area contributed by atoms with Gasteiger partial charge in [0.05, 0.1) is 0 Å². The number of allylic oxidation sites excluding steroid dienone is 4. The van der Waals surface area contributed by atoms with Crippen LogP contribution in [0.15, 0.2) is 24.3 Å². The summed E-state index contributed by atoms with van der Waals surface area (Å²) >= 11 is 0. The molecule has 0 spiro atoms. The first-order valence-corrected chi connectivity index (χ1v) is 2.67. The van der Waals surface area contributed by atoms with Gasteiger partial charge in [0.2, 0.25) is 0 Å². The predicted molar refractivity (Wildman–Crippen MR) is 29.6 cm³/mol. The molecule has 1 heteroatoms. The molecule has 0 unspecified atom stereocenters. The van der Waals surface area contributed by atoms with E-state index in [2.05, 4.69) is 24.3 Å². The third-order valence-electron chi connectivity index (χ3n) is 1.59. The maximum Gasteiger partial charge on any atom is 1.00 e. The maximum absolute atomic E-state index is 2.26. The summed E-state index contributed by atoms with van der Waals surface area (Å²) in [7, 11) is 0. The van der Waals surface area contributed by atoms with Gasteiger partial charge in [-0.1, -0.05) is 6.42 Å². The zero-order chi connectivity index (χ0) is 4.69. The minimum absolute atomic E-state index is 0. The summed E-state index contributed by atoms with van der Waals surface area (Å²) in [5.74, 6) is 2.28. The average Bonchev–Trinajstić information content (AvgIpc) is 2.22. The second-order valence-electron chi connectivity index (χ2n) is 2.16. The molecule has 2 rings (SSSR count). The van der Waals surface area contributed by atoms with E-state index < -0.39 is 0 Å². The first-order valence-electron chi connectivity index (χ1n) is 2.67. The molecule has 0 fully saturated rings. The molecule has 2 bridgehead atoms. The molecule has 0 saturated carbocycles. The molecule has 0 heterocycles. The Bertz CT molecular complexity index is 107.